The lowest BCUT2D eigenvalue weighted by molar-refractivity contribution is -0.0498. The molecule has 1 aromatic heterocycles. The third-order valence-corrected chi connectivity index (χ3v) is 4.21. The van der Waals surface area contributed by atoms with Crippen molar-refractivity contribution in [3.63, 3.8) is 0 Å². The van der Waals surface area contributed by atoms with Crippen molar-refractivity contribution in [3.8, 4) is 11.4 Å². The van der Waals surface area contributed by atoms with Crippen molar-refractivity contribution in [1.29, 1.82) is 0 Å². The number of hydrogen-bond donors (Lipinski definition) is 0. The molecule has 0 radical (unpaired) electrons. The lowest BCUT2D eigenvalue weighted by atomic mass is 10.2. The minimum Gasteiger partial charge on any atom is -0.435 e. The van der Waals surface area contributed by atoms with Gasteiger partial charge in [-0.05, 0) is 64.9 Å². The van der Waals surface area contributed by atoms with E-state index in [-0.39, 0.29) is 11.6 Å². The molecule has 0 bridgehead atoms. The molecule has 0 unspecified atom stereocenters. The first-order valence-corrected chi connectivity index (χ1v) is 7.96. The number of nitrogens with zero attached hydrogens (tertiary/aromatic N) is 5. The molecule has 0 aliphatic carbocycles. The number of anilines is 1. The lowest BCUT2D eigenvalue weighted by Crippen LogP contribution is -2.22. The molecular formula is C17H14F3N5O. The summed E-state index contributed by atoms with van der Waals surface area (Å²) in [6.45, 7) is -1.68. The van der Waals surface area contributed by atoms with Gasteiger partial charge in [0.05, 0.1) is 12.2 Å². The Hall–Kier alpha value is -3.10. The van der Waals surface area contributed by atoms with E-state index in [9.17, 15) is 13.2 Å². The average molecular weight is 361 g/mol. The fourth-order valence-electron chi connectivity index (χ4n) is 3.05. The molecular weight excluding hydrogens is 347 g/mol. The van der Waals surface area contributed by atoms with Crippen LogP contribution in [0.5, 0.6) is 5.75 Å². The highest BCUT2D eigenvalue weighted by Crippen LogP contribution is 2.29. The highest BCUT2D eigenvalue weighted by molar-refractivity contribution is 5.58. The molecule has 0 saturated heterocycles. The van der Waals surface area contributed by atoms with Crippen molar-refractivity contribution in [3.05, 3.63) is 59.7 Å². The minimum absolute atomic E-state index is 0.0638. The van der Waals surface area contributed by atoms with Crippen LogP contribution in [-0.2, 0) is 13.0 Å². The van der Waals surface area contributed by atoms with Crippen LogP contribution < -0.4 is 9.64 Å². The van der Waals surface area contributed by atoms with Crippen LogP contribution in [0.1, 0.15) is 11.4 Å². The third-order valence-electron chi connectivity index (χ3n) is 4.21. The van der Waals surface area contributed by atoms with Crippen molar-refractivity contribution in [2.45, 2.75) is 19.6 Å². The second-order valence-corrected chi connectivity index (χ2v) is 5.82. The number of hydrogen-bond acceptors (Lipinski definition) is 5. The molecule has 3 aromatic rings. The van der Waals surface area contributed by atoms with Crippen LogP contribution >= 0.6 is 0 Å². The molecule has 0 fully saturated rings. The molecule has 0 atom stereocenters. The first-order chi connectivity index (χ1) is 12.6. The highest BCUT2D eigenvalue weighted by Gasteiger charge is 2.22. The van der Waals surface area contributed by atoms with E-state index >= 15 is 0 Å². The van der Waals surface area contributed by atoms with Gasteiger partial charge in [-0.2, -0.15) is 13.5 Å². The maximum absolute atomic E-state index is 13.4. The molecule has 0 N–H and O–H groups in total. The molecule has 0 amide bonds. The number of halogens is 3. The summed E-state index contributed by atoms with van der Waals surface area (Å²) in [4.78, 5) is 2.07. The molecule has 1 aliphatic rings. The number of fused-ring (bicyclic) bond motifs is 1. The van der Waals surface area contributed by atoms with E-state index in [0.717, 1.165) is 24.2 Å². The molecule has 4 rings (SSSR count). The van der Waals surface area contributed by atoms with Crippen molar-refractivity contribution < 1.29 is 17.9 Å². The zero-order valence-electron chi connectivity index (χ0n) is 13.5. The molecule has 2 heterocycles. The summed E-state index contributed by atoms with van der Waals surface area (Å²) < 4.78 is 43.7. The van der Waals surface area contributed by atoms with Gasteiger partial charge in [-0.3, -0.25) is 0 Å². The Morgan fingerprint density at radius 1 is 1.12 bits per heavy atom. The number of rotatable bonds is 5. The van der Waals surface area contributed by atoms with E-state index in [2.05, 4.69) is 25.2 Å². The summed E-state index contributed by atoms with van der Waals surface area (Å²) in [6.07, 6.45) is 0.758. The molecule has 26 heavy (non-hydrogen) atoms. The Bertz CT molecular complexity index is 913. The van der Waals surface area contributed by atoms with Crippen molar-refractivity contribution in [2.75, 3.05) is 11.4 Å². The van der Waals surface area contributed by atoms with Crippen LogP contribution in [0.25, 0.3) is 5.69 Å². The van der Waals surface area contributed by atoms with Crippen LogP contribution in [0.3, 0.4) is 0 Å². The first kappa shape index (κ1) is 16.4. The molecule has 2 aromatic carbocycles. The van der Waals surface area contributed by atoms with E-state index < -0.39 is 6.61 Å². The van der Waals surface area contributed by atoms with Gasteiger partial charge in [0, 0.05) is 12.2 Å². The maximum atomic E-state index is 13.4. The Morgan fingerprint density at radius 3 is 2.69 bits per heavy atom. The van der Waals surface area contributed by atoms with Crippen LogP contribution in [0, 0.1) is 5.82 Å². The van der Waals surface area contributed by atoms with Crippen LogP contribution in [0.15, 0.2) is 42.5 Å². The monoisotopic (exact) mass is 361 g/mol. The van der Waals surface area contributed by atoms with Crippen LogP contribution in [0.4, 0.5) is 18.9 Å². The van der Waals surface area contributed by atoms with Gasteiger partial charge in [-0.1, -0.05) is 0 Å². The average Bonchev–Trinajstić information content (AvgIpc) is 3.22. The summed E-state index contributed by atoms with van der Waals surface area (Å²) in [7, 11) is 0. The van der Waals surface area contributed by atoms with E-state index in [1.807, 2.05) is 0 Å². The molecule has 6 nitrogen and oxygen atoms in total. The normalized spacial score (nSPS) is 13.3. The van der Waals surface area contributed by atoms with Crippen molar-refractivity contribution in [2.24, 2.45) is 0 Å². The summed E-state index contributed by atoms with van der Waals surface area (Å²) in [5, 5.41) is 11.7. The maximum Gasteiger partial charge on any atom is 0.387 e. The van der Waals surface area contributed by atoms with Crippen LogP contribution in [-0.4, -0.2) is 33.4 Å². The van der Waals surface area contributed by atoms with Gasteiger partial charge in [-0.15, -0.1) is 5.10 Å². The number of tetrazole rings is 1. The second-order valence-electron chi connectivity index (χ2n) is 5.82. The smallest absolute Gasteiger partial charge is 0.387 e. The quantitative estimate of drug-likeness (QED) is 0.699. The van der Waals surface area contributed by atoms with E-state index in [4.69, 9.17) is 0 Å². The summed E-state index contributed by atoms with van der Waals surface area (Å²) >= 11 is 0. The highest BCUT2D eigenvalue weighted by atomic mass is 19.3. The number of benzene rings is 2. The number of ether oxygens (including phenoxy) is 1. The fourth-order valence-corrected chi connectivity index (χ4v) is 3.05. The summed E-state index contributed by atoms with van der Waals surface area (Å²) in [5.41, 5.74) is 2.55. The Morgan fingerprint density at radius 2 is 1.92 bits per heavy atom. The lowest BCUT2D eigenvalue weighted by Gasteiger charge is -2.18. The summed E-state index contributed by atoms with van der Waals surface area (Å²) in [5.74, 6) is 0.403. The van der Waals surface area contributed by atoms with Gasteiger partial charge in [0.15, 0.2) is 5.82 Å². The van der Waals surface area contributed by atoms with Gasteiger partial charge in [0.1, 0.15) is 11.6 Å². The van der Waals surface area contributed by atoms with E-state index in [1.165, 1.54) is 22.9 Å². The van der Waals surface area contributed by atoms with Crippen molar-refractivity contribution >= 4 is 5.69 Å². The fraction of sp³-hybridized carbons (Fsp3) is 0.235. The van der Waals surface area contributed by atoms with Gasteiger partial charge >= 0.3 is 6.61 Å². The van der Waals surface area contributed by atoms with Crippen molar-refractivity contribution in [1.82, 2.24) is 20.2 Å². The Kier molecular flexibility index (Phi) is 4.19. The summed E-state index contributed by atoms with van der Waals surface area (Å²) in [6, 6.07) is 10.8. The zero-order valence-corrected chi connectivity index (χ0v) is 13.5. The van der Waals surface area contributed by atoms with Gasteiger partial charge in [0.25, 0.3) is 0 Å². The van der Waals surface area contributed by atoms with Crippen LogP contribution in [0.2, 0.25) is 0 Å². The number of alkyl halides is 2. The van der Waals surface area contributed by atoms with Gasteiger partial charge in [0.2, 0.25) is 0 Å². The Balaban J connectivity index is 1.55. The standard InChI is InChI=1S/C17H14F3N5O/c18-12-1-6-15-11(9-12)7-8-24(15)10-16-21-22-23-25(16)13-2-4-14(5-3-13)26-17(19)20/h1-6,9,17H,7-8,10H2. The largest absolute Gasteiger partial charge is 0.435 e. The molecule has 134 valence electrons. The minimum atomic E-state index is -2.87. The predicted molar refractivity (Wildman–Crippen MR) is 86.9 cm³/mol. The third kappa shape index (κ3) is 3.19. The molecule has 0 spiro atoms. The van der Waals surface area contributed by atoms with E-state index in [0.29, 0.717) is 18.1 Å². The van der Waals surface area contributed by atoms with E-state index in [1.54, 1.807) is 24.3 Å². The topological polar surface area (TPSA) is 56.1 Å². The SMILES string of the molecule is Fc1ccc2c(c1)CCN2Cc1nnnn1-c1ccc(OC(F)F)cc1. The molecule has 1 aliphatic heterocycles. The number of aromatic nitrogens is 4. The predicted octanol–water partition coefficient (Wildman–Crippen LogP) is 2.97. The van der Waals surface area contributed by atoms with Gasteiger partial charge in [-0.25, -0.2) is 4.39 Å². The first-order valence-electron chi connectivity index (χ1n) is 7.96. The Labute approximate surface area is 146 Å². The van der Waals surface area contributed by atoms with Gasteiger partial charge < -0.3 is 9.64 Å². The molecule has 0 saturated carbocycles. The zero-order chi connectivity index (χ0) is 18.1. The molecule has 9 heteroatoms. The second kappa shape index (κ2) is 6.66.